The lowest BCUT2D eigenvalue weighted by atomic mass is 9.95. The van der Waals surface area contributed by atoms with Crippen LogP contribution in [0.3, 0.4) is 0 Å². The van der Waals surface area contributed by atoms with Gasteiger partial charge >= 0.3 is 5.97 Å². The van der Waals surface area contributed by atoms with Crippen LogP contribution >= 0.6 is 11.8 Å². The fourth-order valence-electron chi connectivity index (χ4n) is 2.81. The number of carbonyl (C=O) groups excluding carboxylic acids is 4. The minimum Gasteiger partial charge on any atom is -0.480 e. The van der Waals surface area contributed by atoms with E-state index in [2.05, 4.69) is 16.0 Å². The van der Waals surface area contributed by atoms with Gasteiger partial charge in [-0.15, -0.1) is 11.8 Å². The van der Waals surface area contributed by atoms with Gasteiger partial charge in [0.1, 0.15) is 17.8 Å². The number of ketones is 1. The number of aliphatic carboxylic acids is 1. The summed E-state index contributed by atoms with van der Waals surface area (Å²) in [7, 11) is 0. The molecular weight excluding hydrogens is 466 g/mol. The van der Waals surface area contributed by atoms with E-state index in [9.17, 15) is 24.0 Å². The minimum atomic E-state index is -1.20. The number of amides is 3. The van der Waals surface area contributed by atoms with Gasteiger partial charge in [-0.1, -0.05) is 6.92 Å². The zero-order chi connectivity index (χ0) is 25.8. The van der Waals surface area contributed by atoms with Crippen molar-refractivity contribution in [1.29, 1.82) is 0 Å². The zero-order valence-electron chi connectivity index (χ0n) is 20.4. The van der Waals surface area contributed by atoms with E-state index in [1.165, 1.54) is 11.8 Å². The summed E-state index contributed by atoms with van der Waals surface area (Å²) in [6, 6.07) is 0. The first-order chi connectivity index (χ1) is 16.2. The van der Waals surface area contributed by atoms with Crippen LogP contribution in [0.15, 0.2) is 0 Å². The van der Waals surface area contributed by atoms with Crippen LogP contribution in [0.1, 0.15) is 52.9 Å². The Hall–Kier alpha value is -2.18. The third-order valence-electron chi connectivity index (χ3n) is 4.46. The second-order valence-electron chi connectivity index (χ2n) is 7.52. The highest BCUT2D eigenvalue weighted by Gasteiger charge is 2.23. The van der Waals surface area contributed by atoms with Gasteiger partial charge < -0.3 is 30.5 Å². The number of carbonyl (C=O) groups is 5. The molecule has 12 heteroatoms. The summed E-state index contributed by atoms with van der Waals surface area (Å²) >= 11 is 1.33. The first-order valence-electron chi connectivity index (χ1n) is 11.5. The molecular formula is C22H39N3O8S. The maximum Gasteiger partial charge on any atom is 0.322 e. The summed E-state index contributed by atoms with van der Waals surface area (Å²) in [4.78, 5) is 59.2. The van der Waals surface area contributed by atoms with Crippen LogP contribution in [-0.2, 0) is 33.4 Å². The highest BCUT2D eigenvalue weighted by Crippen LogP contribution is 2.18. The number of nitrogens with one attached hydrogen (secondary N) is 3. The van der Waals surface area contributed by atoms with E-state index < -0.39 is 36.8 Å². The average Bonchev–Trinajstić information content (AvgIpc) is 2.79. The highest BCUT2D eigenvalue weighted by molar-refractivity contribution is 8.00. The molecule has 0 fully saturated rings. The second kappa shape index (κ2) is 20.2. The van der Waals surface area contributed by atoms with Gasteiger partial charge in [0.25, 0.3) is 0 Å². The number of carboxylic acids is 1. The molecule has 4 N–H and O–H groups in total. The second-order valence-corrected chi connectivity index (χ2v) is 8.80. The average molecular weight is 506 g/mol. The predicted molar refractivity (Wildman–Crippen MR) is 128 cm³/mol. The molecule has 0 bridgehead atoms. The van der Waals surface area contributed by atoms with E-state index in [0.29, 0.717) is 39.2 Å². The molecule has 0 aromatic rings. The standard InChI is InChI=1S/C22H39N3O8S/c1-4-10-32-11-9-23-19(27)8-6-7-17(12-18(26)15-34-16(3)33-5-2)22(31)25-13-20(28)24-14-21(29)30/h16-17H,4-15H2,1-3H3,(H,23,27)(H,24,28)(H,25,31)(H,29,30). The molecule has 0 heterocycles. The lowest BCUT2D eigenvalue weighted by Crippen LogP contribution is -2.41. The number of Topliss-reactive ketones (excluding diaryl/α,β-unsaturated/α-hetero) is 1. The topological polar surface area (TPSA) is 160 Å². The number of rotatable bonds is 21. The number of thioether (sulfide) groups is 1. The lowest BCUT2D eigenvalue weighted by Gasteiger charge is -2.17. The van der Waals surface area contributed by atoms with Crippen molar-refractivity contribution >= 4 is 41.2 Å². The predicted octanol–water partition coefficient (Wildman–Crippen LogP) is 0.708. The summed E-state index contributed by atoms with van der Waals surface area (Å²) in [5.74, 6) is -3.16. The van der Waals surface area contributed by atoms with Crippen molar-refractivity contribution < 1.29 is 38.6 Å². The normalized spacial score (nSPS) is 12.4. The van der Waals surface area contributed by atoms with E-state index in [1.807, 2.05) is 20.8 Å². The van der Waals surface area contributed by atoms with E-state index in [1.54, 1.807) is 0 Å². The van der Waals surface area contributed by atoms with E-state index in [-0.39, 0.29) is 35.7 Å². The lowest BCUT2D eigenvalue weighted by molar-refractivity contribution is -0.138. The molecule has 3 amide bonds. The molecule has 196 valence electrons. The Morgan fingerprint density at radius 1 is 0.971 bits per heavy atom. The maximum atomic E-state index is 12.6. The first kappa shape index (κ1) is 31.8. The molecule has 0 aliphatic carbocycles. The summed E-state index contributed by atoms with van der Waals surface area (Å²) < 4.78 is 10.7. The quantitative estimate of drug-likeness (QED) is 0.130. The van der Waals surface area contributed by atoms with E-state index >= 15 is 0 Å². The smallest absolute Gasteiger partial charge is 0.322 e. The van der Waals surface area contributed by atoms with Crippen molar-refractivity contribution in [3.05, 3.63) is 0 Å². The molecule has 2 atom stereocenters. The Kier molecular flexibility index (Phi) is 18.9. The molecule has 0 saturated carbocycles. The summed E-state index contributed by atoms with van der Waals surface area (Å²) in [5, 5.41) is 15.9. The van der Waals surface area contributed by atoms with Crippen LogP contribution in [0, 0.1) is 5.92 Å². The van der Waals surface area contributed by atoms with E-state index in [4.69, 9.17) is 14.6 Å². The van der Waals surface area contributed by atoms with Gasteiger partial charge in [-0.05, 0) is 33.1 Å². The van der Waals surface area contributed by atoms with Gasteiger partial charge in [0.05, 0.1) is 18.9 Å². The summed E-state index contributed by atoms with van der Waals surface area (Å²) in [6.07, 6.45) is 1.75. The SMILES string of the molecule is CCCOCCNC(=O)CCCC(CC(=O)CSC(C)OCC)C(=O)NCC(=O)NCC(=O)O. The summed E-state index contributed by atoms with van der Waals surface area (Å²) in [5.41, 5.74) is -0.149. The zero-order valence-corrected chi connectivity index (χ0v) is 21.2. The van der Waals surface area contributed by atoms with Crippen molar-refractivity contribution in [2.45, 2.75) is 58.3 Å². The van der Waals surface area contributed by atoms with Gasteiger partial charge in [0.2, 0.25) is 17.7 Å². The third-order valence-corrected chi connectivity index (χ3v) is 5.55. The van der Waals surface area contributed by atoms with Crippen LogP contribution in [0.5, 0.6) is 0 Å². The molecule has 0 aromatic heterocycles. The largest absolute Gasteiger partial charge is 0.480 e. The van der Waals surface area contributed by atoms with Crippen molar-refractivity contribution in [2.75, 3.05) is 45.2 Å². The molecule has 0 spiro atoms. The van der Waals surface area contributed by atoms with Gasteiger partial charge in [-0.25, -0.2) is 0 Å². The third kappa shape index (κ3) is 18.3. The Balaban J connectivity index is 4.65. The Labute approximate surface area is 205 Å². The molecule has 0 aromatic carbocycles. The van der Waals surface area contributed by atoms with Crippen molar-refractivity contribution in [2.24, 2.45) is 5.92 Å². The van der Waals surface area contributed by atoms with Gasteiger partial charge in [-0.3, -0.25) is 24.0 Å². The number of ether oxygens (including phenoxy) is 2. The Morgan fingerprint density at radius 3 is 2.35 bits per heavy atom. The number of hydrogen-bond donors (Lipinski definition) is 4. The molecule has 0 aliphatic rings. The van der Waals surface area contributed by atoms with Crippen LogP contribution in [-0.4, -0.2) is 85.2 Å². The number of carboxylic acid groups (broad SMARTS) is 1. The maximum absolute atomic E-state index is 12.6. The van der Waals surface area contributed by atoms with Crippen LogP contribution in [0.25, 0.3) is 0 Å². The van der Waals surface area contributed by atoms with Gasteiger partial charge in [0.15, 0.2) is 0 Å². The van der Waals surface area contributed by atoms with Crippen LogP contribution in [0.2, 0.25) is 0 Å². The minimum absolute atomic E-state index is 0.0269. The summed E-state index contributed by atoms with van der Waals surface area (Å²) in [6.45, 7) is 6.75. The van der Waals surface area contributed by atoms with Crippen LogP contribution < -0.4 is 16.0 Å². The Morgan fingerprint density at radius 2 is 1.71 bits per heavy atom. The van der Waals surface area contributed by atoms with Crippen molar-refractivity contribution in [3.8, 4) is 0 Å². The van der Waals surface area contributed by atoms with Gasteiger partial charge in [-0.2, -0.15) is 0 Å². The Bertz CT molecular complexity index is 648. The first-order valence-corrected chi connectivity index (χ1v) is 12.6. The monoisotopic (exact) mass is 505 g/mol. The fraction of sp³-hybridized carbons (Fsp3) is 0.773. The van der Waals surface area contributed by atoms with Crippen LogP contribution in [0.4, 0.5) is 0 Å². The molecule has 0 aliphatic heterocycles. The van der Waals surface area contributed by atoms with Gasteiger partial charge in [0, 0.05) is 38.5 Å². The molecule has 0 rings (SSSR count). The fourth-order valence-corrected chi connectivity index (χ4v) is 3.58. The molecule has 11 nitrogen and oxygen atoms in total. The van der Waals surface area contributed by atoms with Crippen molar-refractivity contribution in [3.63, 3.8) is 0 Å². The van der Waals surface area contributed by atoms with E-state index in [0.717, 1.165) is 6.42 Å². The molecule has 34 heavy (non-hydrogen) atoms. The highest BCUT2D eigenvalue weighted by atomic mass is 32.2. The number of hydrogen-bond acceptors (Lipinski definition) is 8. The van der Waals surface area contributed by atoms with Crippen molar-refractivity contribution in [1.82, 2.24) is 16.0 Å². The molecule has 2 unspecified atom stereocenters. The molecule has 0 saturated heterocycles. The molecule has 0 radical (unpaired) electrons.